The van der Waals surface area contributed by atoms with Crippen molar-refractivity contribution in [3.63, 3.8) is 0 Å². The van der Waals surface area contributed by atoms with Crippen LogP contribution < -0.4 is 14.8 Å². The van der Waals surface area contributed by atoms with Crippen molar-refractivity contribution in [3.8, 4) is 5.75 Å². The second-order valence-corrected chi connectivity index (χ2v) is 7.77. The first-order valence-corrected chi connectivity index (χ1v) is 9.96. The predicted octanol–water partition coefficient (Wildman–Crippen LogP) is 2.56. The Kier molecular flexibility index (Phi) is 6.98. The molecule has 0 unspecified atom stereocenters. The summed E-state index contributed by atoms with van der Waals surface area (Å²) < 4.78 is 32.6. The van der Waals surface area contributed by atoms with Crippen LogP contribution in [0, 0.1) is 0 Å². The van der Waals surface area contributed by atoms with Crippen molar-refractivity contribution in [1.29, 1.82) is 0 Å². The van der Waals surface area contributed by atoms with E-state index in [2.05, 4.69) is 26.0 Å². The monoisotopic (exact) mass is 426 g/mol. The van der Waals surface area contributed by atoms with Crippen LogP contribution in [0.15, 0.2) is 57.9 Å². The summed E-state index contributed by atoms with van der Waals surface area (Å²) in [6, 6.07) is 13.2. The van der Waals surface area contributed by atoms with Crippen molar-refractivity contribution in [2.24, 2.45) is 0 Å². The van der Waals surface area contributed by atoms with Crippen LogP contribution in [-0.4, -0.2) is 34.0 Å². The van der Waals surface area contributed by atoms with Gasteiger partial charge in [-0.15, -0.1) is 0 Å². The fraction of sp³-hybridized carbons (Fsp3) is 0.235. The third-order valence-electron chi connectivity index (χ3n) is 3.21. The van der Waals surface area contributed by atoms with E-state index in [1.165, 1.54) is 24.3 Å². The number of hydrogen-bond acceptors (Lipinski definition) is 4. The van der Waals surface area contributed by atoms with E-state index in [0.29, 0.717) is 31.0 Å². The Bertz CT molecular complexity index is 823. The number of halogens is 1. The standard InChI is InChI=1S/C17H19BrN2O4S/c1-2-20-25(22,23)16-8-6-13(7-9-16)17(21)19-10-11-24-15-5-3-4-14(18)12-15/h3-9,12,20H,2,10-11H2,1H3,(H,19,21). The van der Waals surface area contributed by atoms with Gasteiger partial charge in [-0.05, 0) is 42.5 Å². The molecule has 2 aromatic rings. The molecule has 0 aromatic heterocycles. The van der Waals surface area contributed by atoms with E-state index >= 15 is 0 Å². The van der Waals surface area contributed by atoms with Crippen LogP contribution in [0.5, 0.6) is 5.75 Å². The number of rotatable bonds is 8. The van der Waals surface area contributed by atoms with Crippen LogP contribution in [0.2, 0.25) is 0 Å². The first-order valence-electron chi connectivity index (χ1n) is 7.68. The van der Waals surface area contributed by atoms with Crippen molar-refractivity contribution in [1.82, 2.24) is 10.0 Å². The highest BCUT2D eigenvalue weighted by Crippen LogP contribution is 2.17. The van der Waals surface area contributed by atoms with E-state index in [1.54, 1.807) is 6.92 Å². The third kappa shape index (κ3) is 5.84. The van der Waals surface area contributed by atoms with Gasteiger partial charge in [0.15, 0.2) is 0 Å². The van der Waals surface area contributed by atoms with Crippen molar-refractivity contribution in [2.75, 3.05) is 19.7 Å². The lowest BCUT2D eigenvalue weighted by Gasteiger charge is -2.09. The van der Waals surface area contributed by atoms with Crippen LogP contribution in [0.1, 0.15) is 17.3 Å². The Balaban J connectivity index is 1.84. The zero-order valence-electron chi connectivity index (χ0n) is 13.7. The summed E-state index contributed by atoms with van der Waals surface area (Å²) in [7, 11) is -3.51. The van der Waals surface area contributed by atoms with Gasteiger partial charge in [-0.1, -0.05) is 28.9 Å². The molecule has 2 N–H and O–H groups in total. The van der Waals surface area contributed by atoms with Crippen LogP contribution in [0.25, 0.3) is 0 Å². The zero-order chi connectivity index (χ0) is 18.3. The van der Waals surface area contributed by atoms with E-state index in [9.17, 15) is 13.2 Å². The minimum absolute atomic E-state index is 0.129. The molecule has 0 aliphatic rings. The minimum Gasteiger partial charge on any atom is -0.492 e. The summed E-state index contributed by atoms with van der Waals surface area (Å²) in [6.07, 6.45) is 0. The van der Waals surface area contributed by atoms with Crippen LogP contribution in [-0.2, 0) is 10.0 Å². The van der Waals surface area contributed by atoms with E-state index in [4.69, 9.17) is 4.74 Å². The lowest BCUT2D eigenvalue weighted by Crippen LogP contribution is -2.28. The molecular weight excluding hydrogens is 408 g/mol. The van der Waals surface area contributed by atoms with Crippen molar-refractivity contribution in [2.45, 2.75) is 11.8 Å². The Labute approximate surface area is 155 Å². The largest absolute Gasteiger partial charge is 0.492 e. The minimum atomic E-state index is -3.51. The molecule has 0 saturated carbocycles. The van der Waals surface area contributed by atoms with Gasteiger partial charge < -0.3 is 10.1 Å². The molecule has 0 heterocycles. The first kappa shape index (κ1) is 19.4. The number of ether oxygens (including phenoxy) is 1. The summed E-state index contributed by atoms with van der Waals surface area (Å²) in [4.78, 5) is 12.2. The Morgan fingerprint density at radius 2 is 1.88 bits per heavy atom. The van der Waals surface area contributed by atoms with E-state index < -0.39 is 10.0 Å². The lowest BCUT2D eigenvalue weighted by atomic mass is 10.2. The highest BCUT2D eigenvalue weighted by molar-refractivity contribution is 9.10. The smallest absolute Gasteiger partial charge is 0.251 e. The molecule has 0 aliphatic carbocycles. The molecule has 1 amide bonds. The van der Waals surface area contributed by atoms with Crippen molar-refractivity contribution >= 4 is 31.9 Å². The average molecular weight is 427 g/mol. The SMILES string of the molecule is CCNS(=O)(=O)c1ccc(C(=O)NCCOc2cccc(Br)c2)cc1. The number of benzene rings is 2. The third-order valence-corrected chi connectivity index (χ3v) is 5.27. The average Bonchev–Trinajstić information content (AvgIpc) is 2.59. The number of carbonyl (C=O) groups excluding carboxylic acids is 1. The van der Waals surface area contributed by atoms with Crippen LogP contribution >= 0.6 is 15.9 Å². The Hall–Kier alpha value is -1.90. The van der Waals surface area contributed by atoms with Gasteiger partial charge in [-0.25, -0.2) is 13.1 Å². The first-order chi connectivity index (χ1) is 11.9. The van der Waals surface area contributed by atoms with Gasteiger partial charge in [-0.3, -0.25) is 4.79 Å². The summed E-state index contributed by atoms with van der Waals surface area (Å²) in [6.45, 7) is 2.68. The van der Waals surface area contributed by atoms with Gasteiger partial charge in [0.2, 0.25) is 10.0 Å². The van der Waals surface area contributed by atoms with Gasteiger partial charge in [0, 0.05) is 16.6 Å². The fourth-order valence-electron chi connectivity index (χ4n) is 2.05. The highest BCUT2D eigenvalue weighted by Gasteiger charge is 2.13. The van der Waals surface area contributed by atoms with Crippen LogP contribution in [0.3, 0.4) is 0 Å². The fourth-order valence-corrected chi connectivity index (χ4v) is 3.47. The van der Waals surface area contributed by atoms with E-state index in [0.717, 1.165) is 4.47 Å². The molecule has 0 fully saturated rings. The Morgan fingerprint density at radius 3 is 2.52 bits per heavy atom. The number of hydrogen-bond donors (Lipinski definition) is 2. The summed E-state index contributed by atoms with van der Waals surface area (Å²) >= 11 is 3.36. The van der Waals surface area contributed by atoms with Gasteiger partial charge in [0.1, 0.15) is 12.4 Å². The maximum absolute atomic E-state index is 12.1. The highest BCUT2D eigenvalue weighted by atomic mass is 79.9. The molecule has 25 heavy (non-hydrogen) atoms. The zero-order valence-corrected chi connectivity index (χ0v) is 16.1. The second-order valence-electron chi connectivity index (χ2n) is 5.09. The second kappa shape index (κ2) is 8.98. The van der Waals surface area contributed by atoms with Crippen molar-refractivity contribution < 1.29 is 17.9 Å². The van der Waals surface area contributed by atoms with Gasteiger partial charge >= 0.3 is 0 Å². The molecule has 134 valence electrons. The van der Waals surface area contributed by atoms with Gasteiger partial charge in [0.05, 0.1) is 11.4 Å². The maximum atomic E-state index is 12.1. The van der Waals surface area contributed by atoms with E-state index in [1.807, 2.05) is 24.3 Å². The topological polar surface area (TPSA) is 84.5 Å². The number of nitrogens with one attached hydrogen (secondary N) is 2. The summed E-state index contributed by atoms with van der Waals surface area (Å²) in [5, 5.41) is 2.73. The molecular formula is C17H19BrN2O4S. The molecule has 0 spiro atoms. The molecule has 0 saturated heterocycles. The molecule has 0 aliphatic heterocycles. The molecule has 0 atom stereocenters. The molecule has 2 rings (SSSR count). The molecule has 0 bridgehead atoms. The lowest BCUT2D eigenvalue weighted by molar-refractivity contribution is 0.0947. The molecule has 8 heteroatoms. The van der Waals surface area contributed by atoms with Crippen LogP contribution in [0.4, 0.5) is 0 Å². The molecule has 2 aromatic carbocycles. The molecule has 6 nitrogen and oxygen atoms in total. The maximum Gasteiger partial charge on any atom is 0.251 e. The number of sulfonamides is 1. The number of carbonyl (C=O) groups is 1. The van der Waals surface area contributed by atoms with Gasteiger partial charge in [0.25, 0.3) is 5.91 Å². The Morgan fingerprint density at radius 1 is 1.16 bits per heavy atom. The normalized spacial score (nSPS) is 11.1. The van der Waals surface area contributed by atoms with Gasteiger partial charge in [-0.2, -0.15) is 0 Å². The number of amides is 1. The quantitative estimate of drug-likeness (QED) is 0.635. The van der Waals surface area contributed by atoms with Crippen molar-refractivity contribution in [3.05, 3.63) is 58.6 Å². The summed E-state index contributed by atoms with van der Waals surface area (Å²) in [5.41, 5.74) is 0.387. The molecule has 0 radical (unpaired) electrons. The van der Waals surface area contributed by atoms with E-state index in [-0.39, 0.29) is 10.8 Å². The summed E-state index contributed by atoms with van der Waals surface area (Å²) in [5.74, 6) is 0.423. The predicted molar refractivity (Wildman–Crippen MR) is 99.3 cm³/mol.